The van der Waals surface area contributed by atoms with Gasteiger partial charge in [0, 0.05) is 52.4 Å². The Bertz CT molecular complexity index is 1620. The number of nitro benzene ring substituents is 2. The van der Waals surface area contributed by atoms with Crippen molar-refractivity contribution in [1.82, 2.24) is 13.9 Å². The maximum absolute atomic E-state index is 13.9. The van der Waals surface area contributed by atoms with E-state index in [2.05, 4.69) is 25.0 Å². The van der Waals surface area contributed by atoms with Gasteiger partial charge in [0.25, 0.3) is 11.4 Å². The highest BCUT2D eigenvalue weighted by Crippen LogP contribution is 2.30. The number of nitrogens with two attached hydrogens (primary N) is 1. The third-order valence-electron chi connectivity index (χ3n) is 7.39. The van der Waals surface area contributed by atoms with Gasteiger partial charge in [-0.25, -0.2) is 21.6 Å². The summed E-state index contributed by atoms with van der Waals surface area (Å²) >= 11 is 0. The minimum atomic E-state index is -4.47. The van der Waals surface area contributed by atoms with Crippen LogP contribution >= 0.6 is 0 Å². The molecule has 3 N–H and O–H groups in total. The third-order valence-corrected chi connectivity index (χ3v) is 13.1. The number of hydrogen-bond acceptors (Lipinski definition) is 11. The van der Waals surface area contributed by atoms with Gasteiger partial charge in [0.15, 0.2) is 9.79 Å². The van der Waals surface area contributed by atoms with E-state index in [4.69, 9.17) is 10.5 Å². The number of rotatable bonds is 21. The minimum Gasteiger partial charge on any atom is -0.450 e. The fourth-order valence-corrected chi connectivity index (χ4v) is 8.90. The molecule has 0 bridgehead atoms. The average Bonchev–Trinajstić information content (AvgIpc) is 3.01. The Morgan fingerprint density at radius 1 is 0.875 bits per heavy atom. The van der Waals surface area contributed by atoms with Gasteiger partial charge in [-0.2, -0.15) is 8.61 Å². The second kappa shape index (κ2) is 18.3. The molecule has 2 aromatic rings. The van der Waals surface area contributed by atoms with Gasteiger partial charge in [0.2, 0.25) is 20.0 Å². The highest BCUT2D eigenvalue weighted by molar-refractivity contribution is 7.89. The van der Waals surface area contributed by atoms with Gasteiger partial charge in [-0.1, -0.05) is 43.9 Å². The molecule has 0 saturated heterocycles. The van der Waals surface area contributed by atoms with Crippen LogP contribution in [0.25, 0.3) is 0 Å². The van der Waals surface area contributed by atoms with Crippen LogP contribution in [-0.4, -0.2) is 94.8 Å². The van der Waals surface area contributed by atoms with Gasteiger partial charge >= 0.3 is 6.09 Å². The second-order valence-electron chi connectivity index (χ2n) is 12.3. The molecular formula is C29H46N6O10S2Si. The number of nitrogens with one attached hydrogen (secondary N) is 1. The van der Waals surface area contributed by atoms with Gasteiger partial charge in [-0.3, -0.25) is 20.2 Å². The predicted molar refractivity (Wildman–Crippen MR) is 183 cm³/mol. The predicted octanol–water partition coefficient (Wildman–Crippen LogP) is 4.16. The molecule has 48 heavy (non-hydrogen) atoms. The number of nitro groups is 2. The van der Waals surface area contributed by atoms with E-state index in [-0.39, 0.29) is 52.0 Å². The van der Waals surface area contributed by atoms with Crippen LogP contribution in [0.1, 0.15) is 32.6 Å². The summed E-state index contributed by atoms with van der Waals surface area (Å²) in [7, 11) is -10.2. The van der Waals surface area contributed by atoms with Gasteiger partial charge in [-0.05, 0) is 57.3 Å². The molecule has 0 heterocycles. The Labute approximate surface area is 283 Å². The number of hydrogen-bond donors (Lipinski definition) is 2. The van der Waals surface area contributed by atoms with E-state index in [1.807, 2.05) is 0 Å². The zero-order valence-electron chi connectivity index (χ0n) is 27.7. The van der Waals surface area contributed by atoms with Crippen molar-refractivity contribution in [1.29, 1.82) is 0 Å². The zero-order chi connectivity index (χ0) is 36.1. The topological polar surface area (TPSA) is 225 Å². The molecule has 0 aliphatic heterocycles. The molecule has 0 saturated carbocycles. The van der Waals surface area contributed by atoms with Crippen LogP contribution in [0.4, 0.5) is 16.2 Å². The lowest BCUT2D eigenvalue weighted by Crippen LogP contribution is -2.43. The summed E-state index contributed by atoms with van der Waals surface area (Å²) in [6.07, 6.45) is 0.216. The lowest BCUT2D eigenvalue weighted by Gasteiger charge is -2.30. The van der Waals surface area contributed by atoms with Crippen molar-refractivity contribution >= 4 is 45.6 Å². The number of amides is 1. The molecule has 268 valence electrons. The monoisotopic (exact) mass is 730 g/mol. The molecular weight excluding hydrogens is 685 g/mol. The quantitative estimate of drug-likeness (QED) is 0.0803. The van der Waals surface area contributed by atoms with E-state index >= 15 is 0 Å². The summed E-state index contributed by atoms with van der Waals surface area (Å²) in [5.74, 6) is 0. The number of nitrogens with zero attached hydrogens (tertiary/aromatic N) is 4. The molecule has 0 fully saturated rings. The number of carbonyl (C=O) groups excluding carboxylic acids is 1. The Hall–Kier alpha value is -3.49. The first-order valence-corrected chi connectivity index (χ1v) is 22.1. The number of sulfonamides is 2. The zero-order valence-corrected chi connectivity index (χ0v) is 30.4. The van der Waals surface area contributed by atoms with Crippen molar-refractivity contribution in [2.45, 2.75) is 74.1 Å². The smallest absolute Gasteiger partial charge is 0.407 e. The molecule has 1 atom stereocenters. The number of para-hydroxylation sites is 2. The van der Waals surface area contributed by atoms with Crippen molar-refractivity contribution in [3.63, 3.8) is 0 Å². The first-order valence-electron chi connectivity index (χ1n) is 15.5. The molecule has 0 aromatic heterocycles. The van der Waals surface area contributed by atoms with E-state index < -0.39 is 71.3 Å². The molecule has 0 spiro atoms. The fourth-order valence-electron chi connectivity index (χ4n) is 4.67. The van der Waals surface area contributed by atoms with Crippen molar-refractivity contribution in [3.05, 3.63) is 68.8 Å². The largest absolute Gasteiger partial charge is 0.450 e. The van der Waals surface area contributed by atoms with Crippen LogP contribution in [-0.2, 0) is 24.8 Å². The van der Waals surface area contributed by atoms with Crippen molar-refractivity contribution in [2.24, 2.45) is 5.73 Å². The van der Waals surface area contributed by atoms with Gasteiger partial charge in [-0.15, -0.1) is 0 Å². The average molecular weight is 731 g/mol. The molecule has 2 rings (SSSR count). The summed E-state index contributed by atoms with van der Waals surface area (Å²) in [6, 6.07) is 9.82. The van der Waals surface area contributed by atoms with Gasteiger partial charge < -0.3 is 15.8 Å². The second-order valence-corrected chi connectivity index (χ2v) is 21.7. The molecule has 16 nitrogen and oxygen atoms in total. The van der Waals surface area contributed by atoms with Crippen LogP contribution in [0, 0.1) is 20.2 Å². The van der Waals surface area contributed by atoms with Crippen molar-refractivity contribution in [3.8, 4) is 0 Å². The van der Waals surface area contributed by atoms with Crippen LogP contribution in [0.3, 0.4) is 0 Å². The molecule has 2 aromatic carbocycles. The van der Waals surface area contributed by atoms with Crippen molar-refractivity contribution in [2.75, 3.05) is 39.3 Å². The lowest BCUT2D eigenvalue weighted by atomic mass is 10.2. The Morgan fingerprint density at radius 2 is 1.42 bits per heavy atom. The van der Waals surface area contributed by atoms with Crippen LogP contribution in [0.5, 0.6) is 0 Å². The molecule has 1 amide bonds. The summed E-state index contributed by atoms with van der Waals surface area (Å²) in [5.41, 5.74) is 4.43. The van der Waals surface area contributed by atoms with Crippen LogP contribution < -0.4 is 11.1 Å². The lowest BCUT2D eigenvalue weighted by molar-refractivity contribution is -0.388. The molecule has 0 radical (unpaired) electrons. The Kier molecular flexibility index (Phi) is 15.5. The van der Waals surface area contributed by atoms with E-state index in [0.717, 1.165) is 38.9 Å². The third kappa shape index (κ3) is 11.9. The number of alkyl carbamates (subject to hydrolysis) is 1. The highest BCUT2D eigenvalue weighted by atomic mass is 32.2. The normalized spacial score (nSPS) is 13.0. The van der Waals surface area contributed by atoms with E-state index in [1.165, 1.54) is 24.3 Å². The maximum Gasteiger partial charge on any atom is 0.407 e. The summed E-state index contributed by atoms with van der Waals surface area (Å²) < 4.78 is 62.5. The summed E-state index contributed by atoms with van der Waals surface area (Å²) in [4.78, 5) is 32.8. The molecule has 19 heteroatoms. The minimum absolute atomic E-state index is 0.0496. The van der Waals surface area contributed by atoms with Crippen LogP contribution in [0.15, 0.2) is 58.3 Å². The fraction of sp³-hybridized carbons (Fsp3) is 0.552. The first kappa shape index (κ1) is 40.7. The molecule has 0 aliphatic carbocycles. The van der Waals surface area contributed by atoms with Gasteiger partial charge in [0.05, 0.1) is 16.5 Å². The Morgan fingerprint density at radius 3 is 1.94 bits per heavy atom. The number of ether oxygens (including phenoxy) is 1. The number of carbonyl (C=O) groups is 1. The van der Waals surface area contributed by atoms with Crippen LogP contribution in [0.2, 0.25) is 25.7 Å². The summed E-state index contributed by atoms with van der Waals surface area (Å²) in [5, 5.41) is 26.0. The SMILES string of the molecule is CC(CCN(CCCN)S(=O)(=O)c1ccccc1[N+](=O)[O-])N(CCCCNC(=O)OCC[Si](C)(C)C)S(=O)(=O)c1ccccc1[N+](=O)[O-]. The van der Waals surface area contributed by atoms with E-state index in [1.54, 1.807) is 6.92 Å². The number of benzene rings is 2. The van der Waals surface area contributed by atoms with E-state index in [9.17, 15) is 41.9 Å². The molecule has 0 aliphatic rings. The van der Waals surface area contributed by atoms with Crippen molar-refractivity contribution < 1.29 is 36.2 Å². The standard InChI is InChI=1S/C29H46N6O10S2Si/c1-24(16-21-32(19-11-17-30)46(41,42)27-14-7-5-12-25(27)34(37)38)33(47(43,44)28-15-8-6-13-26(28)35(39)40)20-10-9-18-31-29(36)45-22-23-48(2,3)4/h5-8,12-15,24H,9-11,16-23,30H2,1-4H3,(H,31,36). The van der Waals surface area contributed by atoms with E-state index in [0.29, 0.717) is 13.0 Å². The summed E-state index contributed by atoms with van der Waals surface area (Å²) in [6.45, 7) is 8.27. The molecule has 1 unspecified atom stereocenters. The number of unbranched alkanes of at least 4 members (excludes halogenated alkanes) is 1. The Balaban J connectivity index is 2.29. The first-order chi connectivity index (χ1) is 22.4. The van der Waals surface area contributed by atoms with Gasteiger partial charge in [0.1, 0.15) is 0 Å². The highest BCUT2D eigenvalue weighted by Gasteiger charge is 2.36. The maximum atomic E-state index is 13.9.